The molecule has 0 saturated heterocycles. The van der Waals surface area contributed by atoms with Crippen LogP contribution < -0.4 is 5.32 Å². The van der Waals surface area contributed by atoms with Crippen molar-refractivity contribution in [2.45, 2.75) is 39.0 Å². The van der Waals surface area contributed by atoms with Gasteiger partial charge in [-0.2, -0.15) is 0 Å². The zero-order valence-electron chi connectivity index (χ0n) is 9.32. The van der Waals surface area contributed by atoms with Crippen molar-refractivity contribution in [2.75, 3.05) is 7.11 Å². The maximum Gasteiger partial charge on any atom is 0.119 e. The second-order valence-corrected chi connectivity index (χ2v) is 5.26. The topological polar surface area (TPSA) is 34.1 Å². The fourth-order valence-electron chi connectivity index (χ4n) is 1.94. The summed E-state index contributed by atoms with van der Waals surface area (Å²) in [6, 6.07) is 0.715. The molecule has 0 amide bonds. The number of nitrogens with one attached hydrogen (secondary N) is 1. The van der Waals surface area contributed by atoms with Crippen LogP contribution in [-0.2, 0) is 17.9 Å². The number of ether oxygens (including phenoxy) is 1. The van der Waals surface area contributed by atoms with E-state index in [4.69, 9.17) is 4.74 Å². The van der Waals surface area contributed by atoms with Crippen molar-refractivity contribution >= 4 is 11.3 Å². The van der Waals surface area contributed by atoms with Crippen LogP contribution in [0.2, 0.25) is 0 Å². The molecular formula is C11H18N2OS. The van der Waals surface area contributed by atoms with Crippen LogP contribution in [0, 0.1) is 5.92 Å². The summed E-state index contributed by atoms with van der Waals surface area (Å²) in [4.78, 5) is 4.48. The molecule has 15 heavy (non-hydrogen) atoms. The highest BCUT2D eigenvalue weighted by atomic mass is 32.1. The molecule has 1 N–H and O–H groups in total. The van der Waals surface area contributed by atoms with Crippen molar-refractivity contribution in [3.8, 4) is 0 Å². The molecule has 1 heterocycles. The van der Waals surface area contributed by atoms with Crippen LogP contribution in [0.5, 0.6) is 0 Å². The van der Waals surface area contributed by atoms with Crippen molar-refractivity contribution in [1.82, 2.24) is 10.3 Å². The van der Waals surface area contributed by atoms with Crippen molar-refractivity contribution in [3.63, 3.8) is 0 Å². The van der Waals surface area contributed by atoms with Crippen LogP contribution in [0.1, 0.15) is 30.5 Å². The van der Waals surface area contributed by atoms with Gasteiger partial charge in [-0.1, -0.05) is 6.92 Å². The van der Waals surface area contributed by atoms with E-state index >= 15 is 0 Å². The first-order chi connectivity index (χ1) is 7.28. The highest BCUT2D eigenvalue weighted by Crippen LogP contribution is 2.26. The van der Waals surface area contributed by atoms with Crippen molar-refractivity contribution in [2.24, 2.45) is 5.92 Å². The zero-order chi connectivity index (χ0) is 10.7. The van der Waals surface area contributed by atoms with Crippen molar-refractivity contribution < 1.29 is 4.74 Å². The Bertz CT molecular complexity index is 307. The number of hydrogen-bond acceptors (Lipinski definition) is 4. The fourth-order valence-corrected chi connectivity index (χ4v) is 2.70. The van der Waals surface area contributed by atoms with Gasteiger partial charge in [0.05, 0.1) is 12.3 Å². The number of aromatic nitrogens is 1. The molecule has 1 aromatic heterocycles. The van der Waals surface area contributed by atoms with Crippen molar-refractivity contribution in [1.29, 1.82) is 0 Å². The van der Waals surface area contributed by atoms with Gasteiger partial charge in [0.1, 0.15) is 5.01 Å². The summed E-state index contributed by atoms with van der Waals surface area (Å²) >= 11 is 1.68. The SMILES string of the molecule is COCc1nc(CNC2CC(C)C2)cs1. The van der Waals surface area contributed by atoms with E-state index in [9.17, 15) is 0 Å². The molecule has 4 heteroatoms. The number of rotatable bonds is 5. The number of hydrogen-bond donors (Lipinski definition) is 1. The first-order valence-corrected chi connectivity index (χ1v) is 6.31. The van der Waals surface area contributed by atoms with E-state index < -0.39 is 0 Å². The van der Waals surface area contributed by atoms with Gasteiger partial charge in [0.15, 0.2) is 0 Å². The third kappa shape index (κ3) is 3.00. The summed E-state index contributed by atoms with van der Waals surface area (Å²) in [7, 11) is 1.70. The van der Waals surface area contributed by atoms with E-state index in [2.05, 4.69) is 22.6 Å². The fraction of sp³-hybridized carbons (Fsp3) is 0.727. The van der Waals surface area contributed by atoms with Crippen LogP contribution in [-0.4, -0.2) is 18.1 Å². The quantitative estimate of drug-likeness (QED) is 0.835. The molecule has 0 radical (unpaired) electrons. The Morgan fingerprint density at radius 2 is 2.40 bits per heavy atom. The highest BCUT2D eigenvalue weighted by Gasteiger charge is 2.24. The molecule has 84 valence electrons. The standard InChI is InChI=1S/C11H18N2OS/c1-8-3-9(4-8)12-5-10-7-15-11(13-10)6-14-2/h7-9,12H,3-6H2,1-2H3. The highest BCUT2D eigenvalue weighted by molar-refractivity contribution is 7.09. The van der Waals surface area contributed by atoms with Gasteiger partial charge in [-0.05, 0) is 18.8 Å². The molecule has 0 aromatic carbocycles. The molecule has 1 aromatic rings. The molecule has 0 aliphatic heterocycles. The normalized spacial score (nSPS) is 25.2. The smallest absolute Gasteiger partial charge is 0.119 e. The molecule has 0 spiro atoms. The van der Waals surface area contributed by atoms with Gasteiger partial charge in [0.25, 0.3) is 0 Å². The van der Waals surface area contributed by atoms with E-state index in [1.165, 1.54) is 12.8 Å². The zero-order valence-corrected chi connectivity index (χ0v) is 10.1. The molecular weight excluding hydrogens is 208 g/mol. The summed E-state index contributed by atoms with van der Waals surface area (Å²) in [5.74, 6) is 0.905. The van der Waals surface area contributed by atoms with Gasteiger partial charge in [0, 0.05) is 25.1 Å². The maximum atomic E-state index is 5.04. The Labute approximate surface area is 94.9 Å². The van der Waals surface area contributed by atoms with Gasteiger partial charge < -0.3 is 10.1 Å². The third-order valence-corrected chi connectivity index (χ3v) is 3.68. The molecule has 2 rings (SSSR count). The van der Waals surface area contributed by atoms with Gasteiger partial charge in [-0.25, -0.2) is 4.98 Å². The predicted molar refractivity (Wildman–Crippen MR) is 61.9 cm³/mol. The van der Waals surface area contributed by atoms with Gasteiger partial charge in [-0.3, -0.25) is 0 Å². The molecule has 1 aliphatic rings. The van der Waals surface area contributed by atoms with Crippen molar-refractivity contribution in [3.05, 3.63) is 16.1 Å². The van der Waals surface area contributed by atoms with E-state index in [-0.39, 0.29) is 0 Å². The van der Waals surface area contributed by atoms with Gasteiger partial charge in [-0.15, -0.1) is 11.3 Å². The summed E-state index contributed by atoms with van der Waals surface area (Å²) in [5, 5.41) is 6.71. The number of nitrogens with zero attached hydrogens (tertiary/aromatic N) is 1. The van der Waals surface area contributed by atoms with E-state index in [1.54, 1.807) is 18.4 Å². The van der Waals surface area contributed by atoms with Gasteiger partial charge >= 0.3 is 0 Å². The maximum absolute atomic E-state index is 5.04. The first kappa shape index (κ1) is 11.0. The number of thiazole rings is 1. The molecule has 0 atom stereocenters. The molecule has 0 unspecified atom stereocenters. The predicted octanol–water partition coefficient (Wildman–Crippen LogP) is 2.18. The Morgan fingerprint density at radius 1 is 1.60 bits per heavy atom. The summed E-state index contributed by atoms with van der Waals surface area (Å²) in [6.45, 7) is 3.83. The van der Waals surface area contributed by atoms with E-state index in [0.717, 1.165) is 23.2 Å². The minimum Gasteiger partial charge on any atom is -0.378 e. The van der Waals surface area contributed by atoms with E-state index in [0.29, 0.717) is 12.6 Å². The molecule has 0 bridgehead atoms. The summed E-state index contributed by atoms with van der Waals surface area (Å²) in [5.41, 5.74) is 1.15. The first-order valence-electron chi connectivity index (χ1n) is 5.43. The molecule has 3 nitrogen and oxygen atoms in total. The third-order valence-electron chi connectivity index (χ3n) is 2.81. The molecule has 1 fully saturated rings. The number of methoxy groups -OCH3 is 1. The monoisotopic (exact) mass is 226 g/mol. The van der Waals surface area contributed by atoms with Crippen LogP contribution in [0.15, 0.2) is 5.38 Å². The van der Waals surface area contributed by atoms with Crippen LogP contribution in [0.4, 0.5) is 0 Å². The Hall–Kier alpha value is -0.450. The molecule has 1 aliphatic carbocycles. The minimum atomic E-state index is 0.630. The molecule has 1 saturated carbocycles. The van der Waals surface area contributed by atoms with Crippen LogP contribution >= 0.6 is 11.3 Å². The lowest BCUT2D eigenvalue weighted by Crippen LogP contribution is -2.39. The lowest BCUT2D eigenvalue weighted by molar-refractivity contribution is 0.184. The second-order valence-electron chi connectivity index (χ2n) is 4.32. The minimum absolute atomic E-state index is 0.630. The summed E-state index contributed by atoms with van der Waals surface area (Å²) < 4.78 is 5.04. The largest absolute Gasteiger partial charge is 0.378 e. The lowest BCUT2D eigenvalue weighted by Gasteiger charge is -2.33. The van der Waals surface area contributed by atoms with Crippen LogP contribution in [0.25, 0.3) is 0 Å². The van der Waals surface area contributed by atoms with Gasteiger partial charge in [0.2, 0.25) is 0 Å². The Morgan fingerprint density at radius 3 is 3.07 bits per heavy atom. The Kier molecular flexibility index (Phi) is 3.72. The van der Waals surface area contributed by atoms with Crippen LogP contribution in [0.3, 0.4) is 0 Å². The summed E-state index contributed by atoms with van der Waals surface area (Å²) in [6.07, 6.45) is 2.63. The lowest BCUT2D eigenvalue weighted by atomic mass is 9.82. The average Bonchev–Trinajstić information content (AvgIpc) is 2.59. The Balaban J connectivity index is 1.73. The average molecular weight is 226 g/mol. The second kappa shape index (κ2) is 5.05. The van der Waals surface area contributed by atoms with E-state index in [1.807, 2.05) is 0 Å².